The van der Waals surface area contributed by atoms with E-state index in [-0.39, 0.29) is 18.0 Å². The van der Waals surface area contributed by atoms with Crippen molar-refractivity contribution < 1.29 is 14.3 Å². The van der Waals surface area contributed by atoms with Crippen molar-refractivity contribution in [3.8, 4) is 0 Å². The van der Waals surface area contributed by atoms with Crippen molar-refractivity contribution in [1.82, 2.24) is 16.0 Å². The highest BCUT2D eigenvalue weighted by Crippen LogP contribution is 2.08. The van der Waals surface area contributed by atoms with E-state index in [2.05, 4.69) is 16.0 Å². The second-order valence-corrected chi connectivity index (χ2v) is 5.30. The van der Waals surface area contributed by atoms with Gasteiger partial charge in [-0.3, -0.25) is 4.79 Å². The first-order chi connectivity index (χ1) is 10.0. The van der Waals surface area contributed by atoms with Gasteiger partial charge in [0.1, 0.15) is 6.04 Å². The summed E-state index contributed by atoms with van der Waals surface area (Å²) in [6, 6.07) is 7.10. The van der Waals surface area contributed by atoms with Crippen LogP contribution in [0.1, 0.15) is 25.0 Å². The molecule has 1 fully saturated rings. The molecule has 1 unspecified atom stereocenters. The van der Waals surface area contributed by atoms with Crippen molar-refractivity contribution in [3.63, 3.8) is 0 Å². The molecule has 0 aliphatic carbocycles. The number of urea groups is 1. The van der Waals surface area contributed by atoms with Crippen LogP contribution in [-0.2, 0) is 22.7 Å². The van der Waals surface area contributed by atoms with Crippen LogP contribution >= 0.6 is 0 Å². The molecule has 0 saturated carbocycles. The quantitative estimate of drug-likeness (QED) is 0.729. The molecule has 0 spiro atoms. The average Bonchev–Trinajstić information content (AvgIpc) is 2.90. The van der Waals surface area contributed by atoms with Crippen LogP contribution in [0.4, 0.5) is 4.79 Å². The molecule has 21 heavy (non-hydrogen) atoms. The Morgan fingerprint density at radius 1 is 1.43 bits per heavy atom. The normalized spacial score (nSPS) is 17.5. The van der Waals surface area contributed by atoms with Gasteiger partial charge in [-0.25, -0.2) is 4.79 Å². The van der Waals surface area contributed by atoms with Gasteiger partial charge in [0, 0.05) is 13.1 Å². The number of hydrogen-bond acceptors (Lipinski definition) is 3. The van der Waals surface area contributed by atoms with Crippen LogP contribution in [0.5, 0.6) is 0 Å². The van der Waals surface area contributed by atoms with E-state index in [1.54, 1.807) is 0 Å². The van der Waals surface area contributed by atoms with E-state index >= 15 is 0 Å². The summed E-state index contributed by atoms with van der Waals surface area (Å²) in [6.45, 7) is 5.30. The summed E-state index contributed by atoms with van der Waals surface area (Å²) in [6.07, 6.45) is 0.187. The van der Waals surface area contributed by atoms with Crippen molar-refractivity contribution in [1.29, 1.82) is 0 Å². The van der Waals surface area contributed by atoms with Crippen LogP contribution < -0.4 is 16.0 Å². The zero-order chi connectivity index (χ0) is 15.2. The van der Waals surface area contributed by atoms with E-state index < -0.39 is 6.04 Å². The maximum absolute atomic E-state index is 11.9. The summed E-state index contributed by atoms with van der Waals surface area (Å²) < 4.78 is 5.56. The zero-order valence-electron chi connectivity index (χ0n) is 12.3. The fraction of sp³-hybridized carbons (Fsp3) is 0.467. The van der Waals surface area contributed by atoms with Gasteiger partial charge in [0.2, 0.25) is 5.91 Å². The van der Waals surface area contributed by atoms with Crippen molar-refractivity contribution in [2.45, 2.75) is 39.1 Å². The first-order valence-electron chi connectivity index (χ1n) is 7.06. The van der Waals surface area contributed by atoms with E-state index in [1.807, 2.05) is 38.1 Å². The van der Waals surface area contributed by atoms with Crippen molar-refractivity contribution in [3.05, 3.63) is 35.4 Å². The molecule has 1 aliphatic rings. The molecule has 1 aromatic rings. The minimum absolute atomic E-state index is 0.183. The Hall–Kier alpha value is -2.08. The Bertz CT molecular complexity index is 517. The number of hydrogen-bond donors (Lipinski definition) is 3. The lowest BCUT2D eigenvalue weighted by atomic mass is 10.1. The molecule has 1 aromatic carbocycles. The van der Waals surface area contributed by atoms with Crippen molar-refractivity contribution >= 4 is 11.9 Å². The standard InChI is InChI=1S/C15H21N3O3/c1-10(2)21-9-12-5-3-4-11(6-12)7-16-14(19)13-8-17-15(20)18-13/h3-6,10,13H,7-9H2,1-2H3,(H,16,19)(H2,17,18,20). The van der Waals surface area contributed by atoms with E-state index in [9.17, 15) is 9.59 Å². The second-order valence-electron chi connectivity index (χ2n) is 5.30. The van der Waals surface area contributed by atoms with Gasteiger partial charge in [-0.05, 0) is 25.0 Å². The third-order valence-corrected chi connectivity index (χ3v) is 3.13. The van der Waals surface area contributed by atoms with Crippen LogP contribution in [0.15, 0.2) is 24.3 Å². The van der Waals surface area contributed by atoms with Gasteiger partial charge < -0.3 is 20.7 Å². The molecule has 1 atom stereocenters. The largest absolute Gasteiger partial charge is 0.374 e. The Kier molecular flexibility index (Phi) is 5.16. The van der Waals surface area contributed by atoms with E-state index in [0.29, 0.717) is 19.7 Å². The maximum atomic E-state index is 11.9. The van der Waals surface area contributed by atoms with Crippen LogP contribution in [0, 0.1) is 0 Å². The zero-order valence-corrected chi connectivity index (χ0v) is 12.3. The number of benzene rings is 1. The highest BCUT2D eigenvalue weighted by molar-refractivity contribution is 5.90. The predicted molar refractivity (Wildman–Crippen MR) is 78.5 cm³/mol. The Balaban J connectivity index is 1.83. The summed E-state index contributed by atoms with van der Waals surface area (Å²) in [5, 5.41) is 7.93. The Labute approximate surface area is 124 Å². The number of nitrogens with one attached hydrogen (secondary N) is 3. The van der Waals surface area contributed by atoms with Crippen molar-refractivity contribution in [2.24, 2.45) is 0 Å². The Morgan fingerprint density at radius 3 is 2.86 bits per heavy atom. The first kappa shape index (κ1) is 15.3. The third-order valence-electron chi connectivity index (χ3n) is 3.13. The minimum Gasteiger partial charge on any atom is -0.374 e. The van der Waals surface area contributed by atoms with Crippen molar-refractivity contribution in [2.75, 3.05) is 6.54 Å². The number of amides is 3. The molecular weight excluding hydrogens is 270 g/mol. The molecule has 6 heteroatoms. The molecule has 6 nitrogen and oxygen atoms in total. The summed E-state index contributed by atoms with van der Waals surface area (Å²) in [7, 11) is 0. The van der Waals surface area contributed by atoms with E-state index in [0.717, 1.165) is 11.1 Å². The van der Waals surface area contributed by atoms with Gasteiger partial charge in [-0.1, -0.05) is 24.3 Å². The van der Waals surface area contributed by atoms with Gasteiger partial charge in [0.05, 0.1) is 12.7 Å². The number of rotatable bonds is 6. The van der Waals surface area contributed by atoms with Crippen LogP contribution in [0.25, 0.3) is 0 Å². The molecule has 1 aliphatic heterocycles. The fourth-order valence-corrected chi connectivity index (χ4v) is 2.02. The lowest BCUT2D eigenvalue weighted by Gasteiger charge is -2.11. The molecule has 1 saturated heterocycles. The molecule has 0 bridgehead atoms. The minimum atomic E-state index is -0.495. The molecule has 3 N–H and O–H groups in total. The molecule has 0 aromatic heterocycles. The smallest absolute Gasteiger partial charge is 0.315 e. The number of ether oxygens (including phenoxy) is 1. The lowest BCUT2D eigenvalue weighted by Crippen LogP contribution is -2.42. The summed E-state index contributed by atoms with van der Waals surface area (Å²) in [4.78, 5) is 22.9. The SMILES string of the molecule is CC(C)OCc1cccc(CNC(=O)C2CNC(=O)N2)c1. The lowest BCUT2D eigenvalue weighted by molar-refractivity contribution is -0.122. The highest BCUT2D eigenvalue weighted by Gasteiger charge is 2.26. The molecule has 0 radical (unpaired) electrons. The number of carbonyl (C=O) groups is 2. The molecule has 3 amide bonds. The monoisotopic (exact) mass is 291 g/mol. The van der Waals surface area contributed by atoms with Crippen LogP contribution in [-0.4, -0.2) is 30.6 Å². The van der Waals surface area contributed by atoms with Gasteiger partial charge in [0.15, 0.2) is 0 Å². The number of carbonyl (C=O) groups excluding carboxylic acids is 2. The van der Waals surface area contributed by atoms with Gasteiger partial charge in [-0.2, -0.15) is 0 Å². The summed E-state index contributed by atoms with van der Waals surface area (Å²) >= 11 is 0. The topological polar surface area (TPSA) is 79.5 Å². The van der Waals surface area contributed by atoms with E-state index in [1.165, 1.54) is 0 Å². The molecule has 114 valence electrons. The highest BCUT2D eigenvalue weighted by atomic mass is 16.5. The maximum Gasteiger partial charge on any atom is 0.315 e. The van der Waals surface area contributed by atoms with E-state index in [4.69, 9.17) is 4.74 Å². The second kappa shape index (κ2) is 7.08. The Morgan fingerprint density at radius 2 is 2.19 bits per heavy atom. The summed E-state index contributed by atoms with van der Waals surface area (Å²) in [5.41, 5.74) is 2.08. The van der Waals surface area contributed by atoms with Gasteiger partial charge in [-0.15, -0.1) is 0 Å². The average molecular weight is 291 g/mol. The first-order valence-corrected chi connectivity index (χ1v) is 7.06. The summed E-state index contributed by atoms with van der Waals surface area (Å²) in [5.74, 6) is -0.183. The van der Waals surface area contributed by atoms with Crippen LogP contribution in [0.3, 0.4) is 0 Å². The van der Waals surface area contributed by atoms with Gasteiger partial charge in [0.25, 0.3) is 0 Å². The van der Waals surface area contributed by atoms with Crippen LogP contribution in [0.2, 0.25) is 0 Å². The molecular formula is C15H21N3O3. The molecule has 2 rings (SSSR count). The predicted octanol–water partition coefficient (Wildman–Crippen LogP) is 0.909. The molecule has 1 heterocycles. The van der Waals surface area contributed by atoms with Gasteiger partial charge >= 0.3 is 6.03 Å². The third kappa shape index (κ3) is 4.75. The fourth-order valence-electron chi connectivity index (χ4n) is 2.02.